The third kappa shape index (κ3) is 2.48. The van der Waals surface area contributed by atoms with E-state index >= 15 is 0 Å². The van der Waals surface area contributed by atoms with Gasteiger partial charge < -0.3 is 15.2 Å². The molecular weight excluding hydrogens is 265 g/mol. The van der Waals surface area contributed by atoms with E-state index in [9.17, 15) is 9.50 Å². The van der Waals surface area contributed by atoms with Gasteiger partial charge in [-0.25, -0.2) is 4.39 Å². The van der Waals surface area contributed by atoms with Gasteiger partial charge in [0.1, 0.15) is 23.8 Å². The lowest BCUT2D eigenvalue weighted by molar-refractivity contribution is 0.0737. The van der Waals surface area contributed by atoms with E-state index in [1.807, 2.05) is 0 Å². The molecule has 0 aliphatic carbocycles. The lowest BCUT2D eigenvalue weighted by Gasteiger charge is -2.16. The third-order valence-corrected chi connectivity index (χ3v) is 2.91. The monoisotopic (exact) mass is 275 g/mol. The van der Waals surface area contributed by atoms with Crippen LogP contribution in [0, 0.1) is 5.82 Å². The Morgan fingerprint density at radius 3 is 2.87 bits per heavy atom. The quantitative estimate of drug-likeness (QED) is 0.855. The smallest absolute Gasteiger partial charge is 0.138 e. The summed E-state index contributed by atoms with van der Waals surface area (Å²) in [5, 5.41) is 12.5. The first-order valence-electron chi connectivity index (χ1n) is 4.67. The van der Waals surface area contributed by atoms with E-state index < -0.39 is 6.10 Å². The van der Waals surface area contributed by atoms with Crippen molar-refractivity contribution in [1.29, 1.82) is 0 Å². The van der Waals surface area contributed by atoms with Crippen molar-refractivity contribution in [2.45, 2.75) is 12.2 Å². The zero-order valence-corrected chi connectivity index (χ0v) is 9.50. The Morgan fingerprint density at radius 2 is 2.27 bits per heavy atom. The fraction of sp³-hybridized carbons (Fsp3) is 0.400. The molecular formula is C10H11BrFNO2. The summed E-state index contributed by atoms with van der Waals surface area (Å²) in [7, 11) is 0. The Kier molecular flexibility index (Phi) is 3.23. The fourth-order valence-corrected chi connectivity index (χ4v) is 1.84. The maximum Gasteiger partial charge on any atom is 0.138 e. The maximum absolute atomic E-state index is 12.9. The molecule has 0 bridgehead atoms. The van der Waals surface area contributed by atoms with E-state index in [1.54, 1.807) is 12.1 Å². The lowest BCUT2D eigenvalue weighted by Crippen LogP contribution is -2.29. The highest BCUT2D eigenvalue weighted by atomic mass is 79.9. The van der Waals surface area contributed by atoms with Gasteiger partial charge in [0.05, 0.1) is 4.47 Å². The van der Waals surface area contributed by atoms with Crippen LogP contribution < -0.4 is 10.1 Å². The van der Waals surface area contributed by atoms with Crippen LogP contribution in [0.2, 0.25) is 0 Å². The standard InChI is InChI=1S/C10H11BrFNO2/c11-7-3-6(1-2-8(7)12)15-10-5-13-4-9(10)14/h1-3,9-10,13-14H,4-5H2. The number of rotatable bonds is 2. The first-order valence-corrected chi connectivity index (χ1v) is 5.46. The molecule has 0 saturated carbocycles. The average Bonchev–Trinajstić information content (AvgIpc) is 2.59. The van der Waals surface area contributed by atoms with Crippen molar-refractivity contribution in [2.75, 3.05) is 13.1 Å². The fourth-order valence-electron chi connectivity index (χ4n) is 1.49. The molecule has 2 unspecified atom stereocenters. The zero-order valence-electron chi connectivity index (χ0n) is 7.91. The summed E-state index contributed by atoms with van der Waals surface area (Å²) < 4.78 is 18.8. The summed E-state index contributed by atoms with van der Waals surface area (Å²) in [5.74, 6) is 0.225. The molecule has 0 aromatic heterocycles. The molecule has 1 fully saturated rings. The molecule has 1 aliphatic rings. The van der Waals surface area contributed by atoms with Crippen LogP contribution in [0.3, 0.4) is 0 Å². The van der Waals surface area contributed by atoms with Gasteiger partial charge in [0, 0.05) is 13.1 Å². The number of nitrogens with one attached hydrogen (secondary N) is 1. The van der Waals surface area contributed by atoms with Gasteiger partial charge in [-0.05, 0) is 34.1 Å². The SMILES string of the molecule is OC1CNCC1Oc1ccc(F)c(Br)c1. The molecule has 2 rings (SSSR count). The summed E-state index contributed by atoms with van der Waals surface area (Å²) in [6.07, 6.45) is -0.767. The van der Waals surface area contributed by atoms with Crippen molar-refractivity contribution >= 4 is 15.9 Å². The third-order valence-electron chi connectivity index (χ3n) is 2.31. The van der Waals surface area contributed by atoms with Gasteiger partial charge in [0.25, 0.3) is 0 Å². The molecule has 1 saturated heterocycles. The number of ether oxygens (including phenoxy) is 1. The second-order valence-corrected chi connectivity index (χ2v) is 4.31. The molecule has 2 N–H and O–H groups in total. The molecule has 2 atom stereocenters. The van der Waals surface area contributed by atoms with E-state index in [-0.39, 0.29) is 11.9 Å². The second kappa shape index (κ2) is 4.47. The Hall–Kier alpha value is -0.650. The Morgan fingerprint density at radius 1 is 1.47 bits per heavy atom. The highest BCUT2D eigenvalue weighted by Gasteiger charge is 2.26. The van der Waals surface area contributed by atoms with Crippen LogP contribution in [0.25, 0.3) is 0 Å². The molecule has 1 aliphatic heterocycles. The number of benzene rings is 1. The molecule has 0 radical (unpaired) electrons. The van der Waals surface area contributed by atoms with Gasteiger partial charge in [-0.2, -0.15) is 0 Å². The predicted octanol–water partition coefficient (Wildman–Crippen LogP) is 1.30. The first-order chi connectivity index (χ1) is 7.16. The lowest BCUT2D eigenvalue weighted by atomic mass is 10.2. The minimum Gasteiger partial charge on any atom is -0.486 e. The molecule has 1 aromatic rings. The minimum atomic E-state index is -0.506. The van der Waals surface area contributed by atoms with E-state index in [0.29, 0.717) is 23.3 Å². The summed E-state index contributed by atoms with van der Waals surface area (Å²) in [6, 6.07) is 4.43. The summed E-state index contributed by atoms with van der Waals surface area (Å²) in [6.45, 7) is 1.14. The van der Waals surface area contributed by atoms with Gasteiger partial charge in [-0.1, -0.05) is 0 Å². The van der Waals surface area contributed by atoms with Gasteiger partial charge in [-0.3, -0.25) is 0 Å². The number of hydrogen-bond donors (Lipinski definition) is 2. The molecule has 5 heteroatoms. The van der Waals surface area contributed by atoms with Crippen LogP contribution in [-0.4, -0.2) is 30.4 Å². The van der Waals surface area contributed by atoms with Crippen LogP contribution in [-0.2, 0) is 0 Å². The molecule has 1 aromatic carbocycles. The minimum absolute atomic E-state index is 0.262. The molecule has 0 amide bonds. The Balaban J connectivity index is 2.07. The Labute approximate surface area is 95.4 Å². The summed E-state index contributed by atoms with van der Waals surface area (Å²) >= 11 is 3.08. The Bertz CT molecular complexity index is 361. The summed E-state index contributed by atoms with van der Waals surface area (Å²) in [4.78, 5) is 0. The molecule has 82 valence electrons. The maximum atomic E-state index is 12.9. The van der Waals surface area contributed by atoms with E-state index in [2.05, 4.69) is 21.2 Å². The molecule has 15 heavy (non-hydrogen) atoms. The second-order valence-electron chi connectivity index (χ2n) is 3.46. The average molecular weight is 276 g/mol. The van der Waals surface area contributed by atoms with E-state index in [0.717, 1.165) is 0 Å². The summed E-state index contributed by atoms with van der Waals surface area (Å²) in [5.41, 5.74) is 0. The highest BCUT2D eigenvalue weighted by Crippen LogP contribution is 2.23. The predicted molar refractivity (Wildman–Crippen MR) is 57.4 cm³/mol. The van der Waals surface area contributed by atoms with Crippen molar-refractivity contribution in [3.63, 3.8) is 0 Å². The first kappa shape index (κ1) is 10.9. The van der Waals surface area contributed by atoms with Crippen molar-refractivity contribution in [3.05, 3.63) is 28.5 Å². The zero-order chi connectivity index (χ0) is 10.8. The van der Waals surface area contributed by atoms with Gasteiger partial charge in [-0.15, -0.1) is 0 Å². The van der Waals surface area contributed by atoms with E-state index in [1.165, 1.54) is 6.07 Å². The van der Waals surface area contributed by atoms with Crippen LogP contribution in [0.4, 0.5) is 4.39 Å². The highest BCUT2D eigenvalue weighted by molar-refractivity contribution is 9.10. The van der Waals surface area contributed by atoms with Gasteiger partial charge in [0.15, 0.2) is 0 Å². The number of β-amino-alcohol motifs (C(OH)–C–C–N with tert-alkyl or cyclic N) is 1. The number of hydrogen-bond acceptors (Lipinski definition) is 3. The van der Waals surface area contributed by atoms with Crippen molar-refractivity contribution in [3.8, 4) is 5.75 Å². The largest absolute Gasteiger partial charge is 0.486 e. The number of aliphatic hydroxyl groups is 1. The topological polar surface area (TPSA) is 41.5 Å². The van der Waals surface area contributed by atoms with Gasteiger partial charge >= 0.3 is 0 Å². The normalized spacial score (nSPS) is 25.5. The number of aliphatic hydroxyl groups excluding tert-OH is 1. The molecule has 3 nitrogen and oxygen atoms in total. The van der Waals surface area contributed by atoms with Crippen LogP contribution in [0.5, 0.6) is 5.75 Å². The van der Waals surface area contributed by atoms with Crippen molar-refractivity contribution in [1.82, 2.24) is 5.32 Å². The molecule has 0 spiro atoms. The van der Waals surface area contributed by atoms with Crippen molar-refractivity contribution in [2.24, 2.45) is 0 Å². The molecule has 1 heterocycles. The van der Waals surface area contributed by atoms with Crippen LogP contribution in [0.1, 0.15) is 0 Å². The van der Waals surface area contributed by atoms with E-state index in [4.69, 9.17) is 4.74 Å². The van der Waals surface area contributed by atoms with Gasteiger partial charge in [0.2, 0.25) is 0 Å². The van der Waals surface area contributed by atoms with Crippen LogP contribution >= 0.6 is 15.9 Å². The van der Waals surface area contributed by atoms with Crippen LogP contribution in [0.15, 0.2) is 22.7 Å². The van der Waals surface area contributed by atoms with Crippen molar-refractivity contribution < 1.29 is 14.2 Å². The number of halogens is 2.